The van der Waals surface area contributed by atoms with E-state index < -0.39 is 30.7 Å². The van der Waals surface area contributed by atoms with E-state index in [1.807, 2.05) is 6.92 Å². The zero-order chi connectivity index (χ0) is 14.1. The monoisotopic (exact) mass is 261 g/mol. The molecule has 0 saturated heterocycles. The average Bonchev–Trinajstić information content (AvgIpc) is 2.32. The van der Waals surface area contributed by atoms with E-state index in [0.29, 0.717) is 6.54 Å². The van der Waals surface area contributed by atoms with E-state index in [0.717, 1.165) is 6.42 Å². The van der Waals surface area contributed by atoms with Crippen molar-refractivity contribution in [2.24, 2.45) is 0 Å². The van der Waals surface area contributed by atoms with Crippen LogP contribution in [0.1, 0.15) is 20.3 Å². The Bertz CT molecular complexity index is 308. The first-order valence-electron chi connectivity index (χ1n) is 5.61. The molecule has 0 heterocycles. The molecule has 18 heavy (non-hydrogen) atoms. The van der Waals surface area contributed by atoms with Gasteiger partial charge in [-0.2, -0.15) is 0 Å². The van der Waals surface area contributed by atoms with Crippen LogP contribution in [0.25, 0.3) is 0 Å². The minimum absolute atomic E-state index is 0.328. The number of carboxylic acid groups (broad SMARTS) is 1. The number of carboxylic acids is 1. The zero-order valence-corrected chi connectivity index (χ0v) is 10.4. The van der Waals surface area contributed by atoms with Crippen LogP contribution in [-0.4, -0.2) is 53.4 Å². The van der Waals surface area contributed by atoms with E-state index in [4.69, 9.17) is 10.2 Å². The highest BCUT2D eigenvalue weighted by Gasteiger charge is 2.17. The van der Waals surface area contributed by atoms with Crippen LogP contribution in [0.4, 0.5) is 4.79 Å². The number of hydrogen-bond acceptors (Lipinski definition) is 4. The Morgan fingerprint density at radius 2 is 1.83 bits per heavy atom. The van der Waals surface area contributed by atoms with Gasteiger partial charge in [0.2, 0.25) is 5.91 Å². The van der Waals surface area contributed by atoms with E-state index in [9.17, 15) is 14.4 Å². The van der Waals surface area contributed by atoms with E-state index in [2.05, 4.69) is 16.0 Å². The lowest BCUT2D eigenvalue weighted by atomic mass is 10.3. The quantitative estimate of drug-likeness (QED) is 0.387. The third-order valence-corrected chi connectivity index (χ3v) is 2.03. The zero-order valence-electron chi connectivity index (χ0n) is 10.4. The molecule has 5 N–H and O–H groups in total. The van der Waals surface area contributed by atoms with Gasteiger partial charge in [0.15, 0.2) is 6.10 Å². The fraction of sp³-hybridized carbons (Fsp3) is 0.700. The fourth-order valence-corrected chi connectivity index (χ4v) is 0.991. The summed E-state index contributed by atoms with van der Waals surface area (Å²) in [6.45, 7) is 3.49. The number of aliphatic hydroxyl groups excluding tert-OH is 1. The fourth-order valence-electron chi connectivity index (χ4n) is 0.991. The second-order valence-electron chi connectivity index (χ2n) is 3.72. The standard InChI is InChI=1S/C10H19N3O5/c1-3-4-11-8(15)6(2)13-10(18)12-5-7(14)9(16)17/h6-7,14H,3-5H2,1-2H3,(H,11,15)(H,16,17)(H2,12,13,18)/t6?,7-/m0/s1. The Hall–Kier alpha value is -1.83. The maximum Gasteiger partial charge on any atom is 0.334 e. The third kappa shape index (κ3) is 6.69. The molecule has 0 rings (SSSR count). The van der Waals surface area contributed by atoms with Crippen molar-refractivity contribution in [2.45, 2.75) is 32.4 Å². The van der Waals surface area contributed by atoms with Crippen molar-refractivity contribution in [1.82, 2.24) is 16.0 Å². The van der Waals surface area contributed by atoms with Crippen molar-refractivity contribution in [3.63, 3.8) is 0 Å². The van der Waals surface area contributed by atoms with Crippen LogP contribution >= 0.6 is 0 Å². The van der Waals surface area contributed by atoms with Gasteiger partial charge in [-0.25, -0.2) is 9.59 Å². The Morgan fingerprint density at radius 1 is 1.22 bits per heavy atom. The molecule has 3 amide bonds. The van der Waals surface area contributed by atoms with Crippen LogP contribution in [0.5, 0.6) is 0 Å². The van der Waals surface area contributed by atoms with Gasteiger partial charge in [-0.05, 0) is 13.3 Å². The highest BCUT2D eigenvalue weighted by atomic mass is 16.4. The maximum absolute atomic E-state index is 11.4. The van der Waals surface area contributed by atoms with Gasteiger partial charge in [-0.1, -0.05) is 6.92 Å². The average molecular weight is 261 g/mol. The number of hydrogen-bond donors (Lipinski definition) is 5. The minimum Gasteiger partial charge on any atom is -0.479 e. The lowest BCUT2D eigenvalue weighted by molar-refractivity contribution is -0.146. The normalized spacial score (nSPS) is 13.3. The predicted molar refractivity (Wildman–Crippen MR) is 62.9 cm³/mol. The summed E-state index contributed by atoms with van der Waals surface area (Å²) < 4.78 is 0. The number of urea groups is 1. The van der Waals surface area contributed by atoms with Crippen LogP contribution in [0.15, 0.2) is 0 Å². The number of carbonyl (C=O) groups excluding carboxylic acids is 2. The first-order valence-corrected chi connectivity index (χ1v) is 5.61. The molecule has 0 fully saturated rings. The number of rotatable bonds is 7. The van der Waals surface area contributed by atoms with Crippen LogP contribution in [0.2, 0.25) is 0 Å². The molecule has 2 atom stereocenters. The van der Waals surface area contributed by atoms with Gasteiger partial charge in [0.25, 0.3) is 0 Å². The number of amides is 3. The summed E-state index contributed by atoms with van der Waals surface area (Å²) in [5, 5.41) is 24.3. The summed E-state index contributed by atoms with van der Waals surface area (Å²) in [4.78, 5) is 32.9. The first-order chi connectivity index (χ1) is 8.38. The van der Waals surface area contributed by atoms with E-state index in [1.54, 1.807) is 0 Å². The molecule has 0 aliphatic carbocycles. The molecule has 0 saturated carbocycles. The summed E-state index contributed by atoms with van der Waals surface area (Å²) in [6, 6.07) is -1.45. The van der Waals surface area contributed by atoms with Crippen LogP contribution in [-0.2, 0) is 9.59 Å². The second kappa shape index (κ2) is 8.29. The number of aliphatic carboxylic acids is 1. The van der Waals surface area contributed by atoms with Crippen molar-refractivity contribution in [3.05, 3.63) is 0 Å². The topological polar surface area (TPSA) is 128 Å². The molecule has 0 aromatic rings. The summed E-state index contributed by atoms with van der Waals surface area (Å²) >= 11 is 0. The van der Waals surface area contributed by atoms with Crippen LogP contribution in [0.3, 0.4) is 0 Å². The molecule has 0 aromatic heterocycles. The molecule has 0 bridgehead atoms. The van der Waals surface area contributed by atoms with Crippen molar-refractivity contribution < 1.29 is 24.6 Å². The Balaban J connectivity index is 3.93. The molecule has 104 valence electrons. The highest BCUT2D eigenvalue weighted by molar-refractivity contribution is 5.86. The lowest BCUT2D eigenvalue weighted by Crippen LogP contribution is -2.50. The summed E-state index contributed by atoms with van der Waals surface area (Å²) in [7, 11) is 0. The SMILES string of the molecule is CCCNC(=O)C(C)NC(=O)NC[C@H](O)C(=O)O. The van der Waals surface area contributed by atoms with Gasteiger partial charge in [-0.3, -0.25) is 4.79 Å². The number of carbonyl (C=O) groups is 3. The van der Waals surface area contributed by atoms with Gasteiger partial charge >= 0.3 is 12.0 Å². The van der Waals surface area contributed by atoms with Crippen molar-refractivity contribution in [1.29, 1.82) is 0 Å². The maximum atomic E-state index is 11.4. The van der Waals surface area contributed by atoms with E-state index in [1.165, 1.54) is 6.92 Å². The molecule has 0 aromatic carbocycles. The summed E-state index contributed by atoms with van der Waals surface area (Å²) in [5.41, 5.74) is 0. The Morgan fingerprint density at radius 3 is 2.33 bits per heavy atom. The van der Waals surface area contributed by atoms with Crippen LogP contribution < -0.4 is 16.0 Å². The van der Waals surface area contributed by atoms with Gasteiger partial charge in [0.1, 0.15) is 6.04 Å². The molecule has 0 spiro atoms. The lowest BCUT2D eigenvalue weighted by Gasteiger charge is -2.15. The predicted octanol–water partition coefficient (Wildman–Crippen LogP) is -1.35. The van der Waals surface area contributed by atoms with Crippen molar-refractivity contribution in [3.8, 4) is 0 Å². The van der Waals surface area contributed by atoms with E-state index in [-0.39, 0.29) is 5.91 Å². The molecular weight excluding hydrogens is 242 g/mol. The van der Waals surface area contributed by atoms with Gasteiger partial charge < -0.3 is 26.2 Å². The van der Waals surface area contributed by atoms with Gasteiger partial charge in [0.05, 0.1) is 6.54 Å². The van der Waals surface area contributed by atoms with Gasteiger partial charge in [-0.15, -0.1) is 0 Å². The minimum atomic E-state index is -1.67. The van der Waals surface area contributed by atoms with Crippen molar-refractivity contribution >= 4 is 17.9 Å². The molecule has 0 aliphatic rings. The van der Waals surface area contributed by atoms with Crippen molar-refractivity contribution in [2.75, 3.05) is 13.1 Å². The largest absolute Gasteiger partial charge is 0.479 e. The molecule has 0 aliphatic heterocycles. The smallest absolute Gasteiger partial charge is 0.334 e. The molecule has 8 heteroatoms. The molecule has 0 radical (unpaired) electrons. The highest BCUT2D eigenvalue weighted by Crippen LogP contribution is 1.84. The summed E-state index contributed by atoms with van der Waals surface area (Å²) in [5.74, 6) is -1.75. The Labute approximate surface area is 105 Å². The molecule has 1 unspecified atom stereocenters. The third-order valence-electron chi connectivity index (χ3n) is 2.03. The summed E-state index contributed by atoms with van der Waals surface area (Å²) in [6.07, 6.45) is -0.880. The second-order valence-corrected chi connectivity index (χ2v) is 3.72. The van der Waals surface area contributed by atoms with Gasteiger partial charge in [0, 0.05) is 6.54 Å². The number of aliphatic hydroxyl groups is 1. The number of nitrogens with one attached hydrogen (secondary N) is 3. The van der Waals surface area contributed by atoms with E-state index >= 15 is 0 Å². The van der Waals surface area contributed by atoms with Crippen LogP contribution in [0, 0.1) is 0 Å². The molecule has 8 nitrogen and oxygen atoms in total. The Kier molecular flexibility index (Phi) is 7.45. The molecular formula is C10H19N3O5. The first kappa shape index (κ1) is 16.2.